The van der Waals surface area contributed by atoms with E-state index in [-0.39, 0.29) is 10.6 Å². The van der Waals surface area contributed by atoms with E-state index < -0.39 is 40.8 Å². The van der Waals surface area contributed by atoms with Crippen molar-refractivity contribution in [1.29, 1.82) is 5.26 Å². The van der Waals surface area contributed by atoms with Crippen molar-refractivity contribution >= 4 is 35.8 Å². The molecule has 0 saturated carbocycles. The number of hydrogen-bond acceptors (Lipinski definition) is 7. The predicted molar refractivity (Wildman–Crippen MR) is 94.2 cm³/mol. The third kappa shape index (κ3) is 3.40. The predicted octanol–water partition coefficient (Wildman–Crippen LogP) is 2.33. The van der Waals surface area contributed by atoms with Gasteiger partial charge in [0, 0.05) is 16.6 Å². The average molecular weight is 381 g/mol. The van der Waals surface area contributed by atoms with E-state index in [9.17, 15) is 20.2 Å². The third-order valence-corrected chi connectivity index (χ3v) is 5.05. The van der Waals surface area contributed by atoms with Gasteiger partial charge in [-0.1, -0.05) is 11.6 Å². The van der Waals surface area contributed by atoms with Crippen LogP contribution in [0.1, 0.15) is 39.2 Å². The van der Waals surface area contributed by atoms with Crippen molar-refractivity contribution < 1.29 is 23.8 Å². The van der Waals surface area contributed by atoms with E-state index in [2.05, 4.69) is 4.74 Å². The van der Waals surface area contributed by atoms with Gasteiger partial charge in [0.05, 0.1) is 34.9 Å². The zero-order valence-corrected chi connectivity index (χ0v) is 15.8. The number of carbonyl (C=O) groups is 1. The van der Waals surface area contributed by atoms with Crippen LogP contribution in [-0.4, -0.2) is 36.3 Å². The standard InChI is InChI=1S/C16H18BClN2O6/c1-15(2)16(3,4)26-17(25-15)11-6-9(10(8-19)14(21)24-5)13(20(22)23)7-12(11)18/h6-7,10H,1-5H3/t10-/m1/s1. The maximum Gasteiger partial charge on any atom is 0.496 e. The summed E-state index contributed by atoms with van der Waals surface area (Å²) in [4.78, 5) is 22.5. The van der Waals surface area contributed by atoms with Crippen LogP contribution in [0, 0.1) is 21.4 Å². The van der Waals surface area contributed by atoms with Crippen molar-refractivity contribution in [2.75, 3.05) is 7.11 Å². The SMILES string of the molecule is COC(=O)[C@H](C#N)c1cc(B2OC(C)(C)C(C)(C)O2)c(Cl)cc1[N+](=O)[O-]. The minimum atomic E-state index is -1.47. The number of ether oxygens (including phenoxy) is 1. The summed E-state index contributed by atoms with van der Waals surface area (Å²) in [6.07, 6.45) is 0. The van der Waals surface area contributed by atoms with Gasteiger partial charge in [-0.3, -0.25) is 14.9 Å². The summed E-state index contributed by atoms with van der Waals surface area (Å²) < 4.78 is 16.4. The maximum atomic E-state index is 11.9. The lowest BCUT2D eigenvalue weighted by atomic mass is 9.77. The highest BCUT2D eigenvalue weighted by Crippen LogP contribution is 2.38. The lowest BCUT2D eigenvalue weighted by Crippen LogP contribution is -2.41. The molecule has 1 heterocycles. The van der Waals surface area contributed by atoms with Crippen LogP contribution in [0.3, 0.4) is 0 Å². The first-order valence-electron chi connectivity index (χ1n) is 7.76. The molecule has 1 aliphatic rings. The Kier molecular flexibility index (Phi) is 5.33. The van der Waals surface area contributed by atoms with Crippen LogP contribution < -0.4 is 5.46 Å². The van der Waals surface area contributed by atoms with Crippen molar-refractivity contribution in [2.24, 2.45) is 0 Å². The molecule has 8 nitrogen and oxygen atoms in total. The Morgan fingerprint density at radius 3 is 2.31 bits per heavy atom. The molecule has 0 bridgehead atoms. The minimum absolute atomic E-state index is 0.0421. The lowest BCUT2D eigenvalue weighted by molar-refractivity contribution is -0.385. The minimum Gasteiger partial charge on any atom is -0.468 e. The van der Waals surface area contributed by atoms with E-state index in [4.69, 9.17) is 20.9 Å². The van der Waals surface area contributed by atoms with E-state index in [0.29, 0.717) is 5.46 Å². The third-order valence-electron chi connectivity index (χ3n) is 4.73. The first-order valence-corrected chi connectivity index (χ1v) is 8.13. The van der Waals surface area contributed by atoms with Crippen molar-refractivity contribution in [1.82, 2.24) is 0 Å². The zero-order chi connectivity index (χ0) is 19.9. The fourth-order valence-electron chi connectivity index (χ4n) is 2.50. The van der Waals surface area contributed by atoms with E-state index in [1.807, 2.05) is 27.7 Å². The summed E-state index contributed by atoms with van der Waals surface area (Å²) >= 11 is 6.21. The molecule has 1 aliphatic heterocycles. The molecule has 0 radical (unpaired) electrons. The smallest absolute Gasteiger partial charge is 0.468 e. The van der Waals surface area contributed by atoms with E-state index in [1.54, 1.807) is 6.07 Å². The first-order chi connectivity index (χ1) is 11.9. The summed E-state index contributed by atoms with van der Waals surface area (Å²) in [6, 6.07) is 4.12. The molecule has 1 aromatic rings. The molecule has 0 aromatic heterocycles. The molecule has 0 aliphatic carbocycles. The Labute approximate surface area is 156 Å². The number of methoxy groups -OCH3 is 1. The molecule has 2 rings (SSSR count). The van der Waals surface area contributed by atoms with Gasteiger partial charge in [-0.25, -0.2) is 0 Å². The van der Waals surface area contributed by atoms with Gasteiger partial charge in [0.1, 0.15) is 0 Å². The number of esters is 1. The summed E-state index contributed by atoms with van der Waals surface area (Å²) in [7, 11) is 0.202. The van der Waals surface area contributed by atoms with E-state index in [1.165, 1.54) is 6.07 Å². The van der Waals surface area contributed by atoms with E-state index in [0.717, 1.165) is 13.2 Å². The quantitative estimate of drug-likeness (QED) is 0.341. The van der Waals surface area contributed by atoms with Crippen LogP contribution in [0.4, 0.5) is 5.69 Å². The Hall–Kier alpha value is -2.15. The summed E-state index contributed by atoms with van der Waals surface area (Å²) in [5.74, 6) is -2.38. The van der Waals surface area contributed by atoms with Gasteiger partial charge in [-0.05, 0) is 33.8 Å². The molecule has 1 saturated heterocycles. The highest BCUT2D eigenvalue weighted by molar-refractivity contribution is 6.65. The Balaban J connectivity index is 2.60. The van der Waals surface area contributed by atoms with Gasteiger partial charge < -0.3 is 14.0 Å². The number of halogens is 1. The van der Waals surface area contributed by atoms with Crippen LogP contribution in [0.15, 0.2) is 12.1 Å². The Bertz CT molecular complexity index is 789. The highest BCUT2D eigenvalue weighted by Gasteiger charge is 2.52. The van der Waals surface area contributed by atoms with Crippen LogP contribution in [0.25, 0.3) is 0 Å². The lowest BCUT2D eigenvalue weighted by Gasteiger charge is -2.32. The number of hydrogen-bond donors (Lipinski definition) is 0. The monoisotopic (exact) mass is 380 g/mol. The van der Waals surface area contributed by atoms with Crippen molar-refractivity contribution in [3.05, 3.63) is 32.8 Å². The number of carbonyl (C=O) groups excluding carboxylic acids is 1. The second kappa shape index (κ2) is 6.87. The fourth-order valence-corrected chi connectivity index (χ4v) is 2.75. The number of nitriles is 1. The number of rotatable bonds is 4. The largest absolute Gasteiger partial charge is 0.496 e. The zero-order valence-electron chi connectivity index (χ0n) is 15.0. The summed E-state index contributed by atoms with van der Waals surface area (Å²) in [5, 5.41) is 20.7. The number of benzene rings is 1. The van der Waals surface area contributed by atoms with Gasteiger partial charge >= 0.3 is 13.1 Å². The molecule has 10 heteroatoms. The molecular formula is C16H18BClN2O6. The molecule has 0 amide bonds. The van der Waals surface area contributed by atoms with Gasteiger partial charge in [0.25, 0.3) is 5.69 Å². The molecule has 0 unspecified atom stereocenters. The molecule has 1 atom stereocenters. The van der Waals surface area contributed by atoms with Crippen molar-refractivity contribution in [3.8, 4) is 6.07 Å². The normalized spacial score (nSPS) is 18.9. The number of nitro groups is 1. The van der Waals surface area contributed by atoms with Crippen LogP contribution >= 0.6 is 11.6 Å². The van der Waals surface area contributed by atoms with Crippen LogP contribution in [0.2, 0.25) is 5.02 Å². The Morgan fingerprint density at radius 1 is 1.35 bits per heavy atom. The Morgan fingerprint density at radius 2 is 1.88 bits per heavy atom. The average Bonchev–Trinajstić information content (AvgIpc) is 2.76. The first kappa shape index (κ1) is 20.2. The van der Waals surface area contributed by atoms with Gasteiger partial charge in [0.15, 0.2) is 5.92 Å². The molecule has 138 valence electrons. The molecule has 1 fully saturated rings. The van der Waals surface area contributed by atoms with Crippen LogP contribution in [0.5, 0.6) is 0 Å². The number of nitro benzene ring substituents is 1. The molecule has 0 N–H and O–H groups in total. The molecule has 0 spiro atoms. The summed E-state index contributed by atoms with van der Waals surface area (Å²) in [6.45, 7) is 7.39. The number of nitrogens with zero attached hydrogens (tertiary/aromatic N) is 2. The van der Waals surface area contributed by atoms with Gasteiger partial charge in [-0.2, -0.15) is 5.26 Å². The maximum absolute atomic E-state index is 11.9. The van der Waals surface area contributed by atoms with Gasteiger partial charge in [0.2, 0.25) is 0 Å². The van der Waals surface area contributed by atoms with Crippen molar-refractivity contribution in [2.45, 2.75) is 44.8 Å². The van der Waals surface area contributed by atoms with E-state index >= 15 is 0 Å². The summed E-state index contributed by atoms with van der Waals surface area (Å²) in [5.41, 5.74) is -1.58. The topological polar surface area (TPSA) is 112 Å². The van der Waals surface area contributed by atoms with Crippen molar-refractivity contribution in [3.63, 3.8) is 0 Å². The second-order valence-corrected chi connectivity index (χ2v) is 7.27. The highest BCUT2D eigenvalue weighted by atomic mass is 35.5. The van der Waals surface area contributed by atoms with Crippen LogP contribution in [-0.2, 0) is 18.8 Å². The molecule has 26 heavy (non-hydrogen) atoms. The molecule has 1 aromatic carbocycles. The molecular weight excluding hydrogens is 362 g/mol. The fraction of sp³-hybridized carbons (Fsp3) is 0.500. The second-order valence-electron chi connectivity index (χ2n) is 6.86. The van der Waals surface area contributed by atoms with Gasteiger partial charge in [-0.15, -0.1) is 0 Å².